The molecule has 1 aliphatic rings. The van der Waals surface area contributed by atoms with Gasteiger partial charge in [0, 0.05) is 24.6 Å². The van der Waals surface area contributed by atoms with E-state index in [0.29, 0.717) is 12.5 Å². The van der Waals surface area contributed by atoms with Gasteiger partial charge in [-0.05, 0) is 37.8 Å². The van der Waals surface area contributed by atoms with Crippen LogP contribution in [0.15, 0.2) is 30.3 Å². The zero-order valence-corrected chi connectivity index (χ0v) is 15.0. The summed E-state index contributed by atoms with van der Waals surface area (Å²) >= 11 is 0. The number of carbonyl (C=O) groups excluding carboxylic acids is 1. The molecule has 130 valence electrons. The number of nitrogens with one attached hydrogen (secondary N) is 1. The number of aryl methyl sites for hydroxylation is 2. The van der Waals surface area contributed by atoms with Gasteiger partial charge in [0.05, 0.1) is 5.69 Å². The molecule has 2 atom stereocenters. The molecule has 1 aromatic carbocycles. The topological polar surface area (TPSA) is 72.9 Å². The van der Waals surface area contributed by atoms with Crippen molar-refractivity contribution >= 4 is 24.1 Å². The first-order valence-electron chi connectivity index (χ1n) is 8.21. The zero-order chi connectivity index (χ0) is 16.4. The van der Waals surface area contributed by atoms with E-state index in [2.05, 4.69) is 23.4 Å². The van der Waals surface area contributed by atoms with Crippen molar-refractivity contribution in [2.75, 3.05) is 11.9 Å². The second kappa shape index (κ2) is 7.81. The number of rotatable bonds is 4. The molecular weight excluding hydrogens is 324 g/mol. The standard InChI is InChI=1S/C18H24N4O.ClH/c1-12-6-3-4-8-14(12)16-10-17(22(2)21-16)20-18(23)15-9-5-7-13(15)11-19;/h3-4,6,8,10,13,15H,5,7,9,11,19H2,1-2H3,(H,20,23);1H/t13-,15-;/m1./s1. The third-order valence-electron chi connectivity index (χ3n) is 4.85. The SMILES string of the molecule is Cc1ccccc1-c1cc(NC(=O)[C@@H]2CCC[C@@H]2CN)n(C)n1.Cl. The summed E-state index contributed by atoms with van der Waals surface area (Å²) in [5, 5.41) is 7.57. The number of amides is 1. The summed E-state index contributed by atoms with van der Waals surface area (Å²) in [6, 6.07) is 10.1. The maximum absolute atomic E-state index is 12.5. The van der Waals surface area contributed by atoms with E-state index < -0.39 is 0 Å². The summed E-state index contributed by atoms with van der Waals surface area (Å²) < 4.78 is 1.73. The third kappa shape index (κ3) is 3.62. The zero-order valence-electron chi connectivity index (χ0n) is 14.2. The highest BCUT2D eigenvalue weighted by molar-refractivity contribution is 5.92. The molecule has 0 saturated heterocycles. The fourth-order valence-corrected chi connectivity index (χ4v) is 3.46. The molecule has 1 heterocycles. The lowest BCUT2D eigenvalue weighted by Gasteiger charge is -2.17. The summed E-state index contributed by atoms with van der Waals surface area (Å²) in [5.74, 6) is 1.13. The van der Waals surface area contributed by atoms with Crippen LogP contribution < -0.4 is 11.1 Å². The number of hydrogen-bond acceptors (Lipinski definition) is 3. The van der Waals surface area contributed by atoms with Crippen LogP contribution in [0.4, 0.5) is 5.82 Å². The summed E-state index contributed by atoms with van der Waals surface area (Å²) in [7, 11) is 1.85. The molecule has 0 aliphatic heterocycles. The fraction of sp³-hybridized carbons (Fsp3) is 0.444. The summed E-state index contributed by atoms with van der Waals surface area (Å²) in [6.45, 7) is 2.64. The van der Waals surface area contributed by atoms with Crippen LogP contribution in [0.25, 0.3) is 11.3 Å². The Kier molecular flexibility index (Phi) is 6.02. The lowest BCUT2D eigenvalue weighted by molar-refractivity contribution is -0.120. The Morgan fingerprint density at radius 1 is 1.38 bits per heavy atom. The number of benzene rings is 1. The molecule has 1 aromatic heterocycles. The van der Waals surface area contributed by atoms with Gasteiger partial charge >= 0.3 is 0 Å². The van der Waals surface area contributed by atoms with E-state index in [0.717, 1.165) is 36.3 Å². The van der Waals surface area contributed by atoms with Gasteiger partial charge in [0.25, 0.3) is 0 Å². The molecule has 3 N–H and O–H groups in total. The number of halogens is 1. The minimum atomic E-state index is 0. The normalized spacial score (nSPS) is 19.8. The monoisotopic (exact) mass is 348 g/mol. The summed E-state index contributed by atoms with van der Waals surface area (Å²) in [5.41, 5.74) is 8.92. The van der Waals surface area contributed by atoms with E-state index in [1.54, 1.807) is 4.68 Å². The highest BCUT2D eigenvalue weighted by atomic mass is 35.5. The van der Waals surface area contributed by atoms with Gasteiger partial charge < -0.3 is 11.1 Å². The molecular formula is C18H25ClN4O. The maximum atomic E-state index is 12.5. The van der Waals surface area contributed by atoms with Crippen molar-refractivity contribution in [3.05, 3.63) is 35.9 Å². The molecule has 1 fully saturated rings. The molecule has 2 aromatic rings. The lowest BCUT2D eigenvalue weighted by atomic mass is 9.95. The van der Waals surface area contributed by atoms with Crippen molar-refractivity contribution < 1.29 is 4.79 Å². The van der Waals surface area contributed by atoms with E-state index in [-0.39, 0.29) is 24.2 Å². The molecule has 3 rings (SSSR count). The van der Waals surface area contributed by atoms with Crippen molar-refractivity contribution in [2.45, 2.75) is 26.2 Å². The van der Waals surface area contributed by atoms with Crippen LogP contribution in [-0.2, 0) is 11.8 Å². The lowest BCUT2D eigenvalue weighted by Crippen LogP contribution is -2.30. The van der Waals surface area contributed by atoms with Crippen LogP contribution in [0.5, 0.6) is 0 Å². The molecule has 6 heteroatoms. The predicted octanol–water partition coefficient (Wildman–Crippen LogP) is 3.13. The van der Waals surface area contributed by atoms with Gasteiger partial charge in [0.15, 0.2) is 0 Å². The Hall–Kier alpha value is -1.85. The summed E-state index contributed by atoms with van der Waals surface area (Å²) in [6.07, 6.45) is 3.06. The molecule has 0 spiro atoms. The van der Waals surface area contributed by atoms with Gasteiger partial charge in [-0.1, -0.05) is 30.7 Å². The number of anilines is 1. The van der Waals surface area contributed by atoms with E-state index >= 15 is 0 Å². The molecule has 0 bridgehead atoms. The second-order valence-corrected chi connectivity index (χ2v) is 6.38. The minimum Gasteiger partial charge on any atom is -0.330 e. The second-order valence-electron chi connectivity index (χ2n) is 6.38. The Morgan fingerprint density at radius 3 is 2.83 bits per heavy atom. The van der Waals surface area contributed by atoms with Crippen LogP contribution in [0, 0.1) is 18.8 Å². The number of aromatic nitrogens is 2. The number of nitrogens with two attached hydrogens (primary N) is 1. The largest absolute Gasteiger partial charge is 0.330 e. The molecule has 1 aliphatic carbocycles. The Labute approximate surface area is 149 Å². The summed E-state index contributed by atoms with van der Waals surface area (Å²) in [4.78, 5) is 12.5. The number of nitrogens with zero attached hydrogens (tertiary/aromatic N) is 2. The van der Waals surface area contributed by atoms with Crippen molar-refractivity contribution in [3.8, 4) is 11.3 Å². The Bertz CT molecular complexity index is 713. The van der Waals surface area contributed by atoms with Gasteiger partial charge in [-0.2, -0.15) is 5.10 Å². The quantitative estimate of drug-likeness (QED) is 0.891. The first-order chi connectivity index (χ1) is 11.1. The highest BCUT2D eigenvalue weighted by Crippen LogP contribution is 2.32. The molecule has 0 radical (unpaired) electrons. The predicted molar refractivity (Wildman–Crippen MR) is 99.1 cm³/mol. The first-order valence-corrected chi connectivity index (χ1v) is 8.21. The van der Waals surface area contributed by atoms with E-state index in [9.17, 15) is 4.79 Å². The van der Waals surface area contributed by atoms with Crippen molar-refractivity contribution in [3.63, 3.8) is 0 Å². The van der Waals surface area contributed by atoms with Crippen LogP contribution in [-0.4, -0.2) is 22.2 Å². The average Bonchev–Trinajstić information content (AvgIpc) is 3.15. The van der Waals surface area contributed by atoms with Crippen LogP contribution >= 0.6 is 12.4 Å². The van der Waals surface area contributed by atoms with Crippen molar-refractivity contribution in [2.24, 2.45) is 24.6 Å². The average molecular weight is 349 g/mol. The molecule has 1 saturated carbocycles. The van der Waals surface area contributed by atoms with E-state index in [4.69, 9.17) is 5.73 Å². The van der Waals surface area contributed by atoms with E-state index in [1.807, 2.05) is 31.3 Å². The Balaban J connectivity index is 0.00000208. The van der Waals surface area contributed by atoms with Crippen molar-refractivity contribution in [1.29, 1.82) is 0 Å². The number of carbonyl (C=O) groups is 1. The minimum absolute atomic E-state index is 0. The van der Waals surface area contributed by atoms with Gasteiger partial charge in [0.1, 0.15) is 5.82 Å². The first kappa shape index (κ1) is 18.5. The highest BCUT2D eigenvalue weighted by Gasteiger charge is 2.32. The molecule has 1 amide bonds. The third-order valence-corrected chi connectivity index (χ3v) is 4.85. The van der Waals surface area contributed by atoms with Gasteiger partial charge in [-0.3, -0.25) is 9.48 Å². The van der Waals surface area contributed by atoms with Crippen LogP contribution in [0.3, 0.4) is 0 Å². The van der Waals surface area contributed by atoms with Gasteiger partial charge in [-0.25, -0.2) is 0 Å². The van der Waals surface area contributed by atoms with Crippen LogP contribution in [0.1, 0.15) is 24.8 Å². The van der Waals surface area contributed by atoms with Crippen molar-refractivity contribution in [1.82, 2.24) is 9.78 Å². The molecule has 5 nitrogen and oxygen atoms in total. The number of hydrogen-bond donors (Lipinski definition) is 2. The fourth-order valence-electron chi connectivity index (χ4n) is 3.46. The molecule has 24 heavy (non-hydrogen) atoms. The smallest absolute Gasteiger partial charge is 0.228 e. The maximum Gasteiger partial charge on any atom is 0.228 e. The molecule has 0 unspecified atom stereocenters. The van der Waals surface area contributed by atoms with E-state index in [1.165, 1.54) is 5.56 Å². The van der Waals surface area contributed by atoms with Gasteiger partial charge in [-0.15, -0.1) is 12.4 Å². The van der Waals surface area contributed by atoms with Crippen LogP contribution in [0.2, 0.25) is 0 Å². The Morgan fingerprint density at radius 2 is 2.12 bits per heavy atom. The van der Waals surface area contributed by atoms with Gasteiger partial charge in [0.2, 0.25) is 5.91 Å².